The van der Waals surface area contributed by atoms with Gasteiger partial charge in [0.25, 0.3) is 0 Å². The highest BCUT2D eigenvalue weighted by Gasteiger charge is 2.55. The number of hydrogen-bond donors (Lipinski definition) is 2. The van der Waals surface area contributed by atoms with Crippen LogP contribution in [0, 0.1) is 33.3 Å². The van der Waals surface area contributed by atoms with Gasteiger partial charge < -0.3 is 15.4 Å². The van der Waals surface area contributed by atoms with Gasteiger partial charge in [0.05, 0.1) is 4.92 Å². The Hall–Kier alpha value is -2.16. The molecule has 3 unspecified atom stereocenters. The van der Waals surface area contributed by atoms with Gasteiger partial charge in [-0.1, -0.05) is 0 Å². The molecule has 164 valence electrons. The molecule has 5 atom stereocenters. The second-order valence-electron chi connectivity index (χ2n) is 10.1. The van der Waals surface area contributed by atoms with Gasteiger partial charge in [-0.3, -0.25) is 10.1 Å². The van der Waals surface area contributed by atoms with E-state index >= 15 is 0 Å². The number of anilines is 1. The molecule has 5 rings (SSSR count). The first kappa shape index (κ1) is 21.1. The van der Waals surface area contributed by atoms with E-state index in [1.807, 2.05) is 20.8 Å². The van der Waals surface area contributed by atoms with E-state index in [4.69, 9.17) is 16.3 Å². The van der Waals surface area contributed by atoms with Crippen LogP contribution in [0.4, 0.5) is 16.3 Å². The highest BCUT2D eigenvalue weighted by Crippen LogP contribution is 2.60. The predicted molar refractivity (Wildman–Crippen MR) is 111 cm³/mol. The van der Waals surface area contributed by atoms with E-state index in [2.05, 4.69) is 20.6 Å². The first-order valence-electron chi connectivity index (χ1n) is 10.4. The number of carbonyl (C=O) groups is 1. The minimum absolute atomic E-state index is 0.0183. The number of rotatable bonds is 5. The Balaban J connectivity index is 1.45. The summed E-state index contributed by atoms with van der Waals surface area (Å²) in [6.07, 6.45) is 6.05. The van der Waals surface area contributed by atoms with Gasteiger partial charge in [-0.05, 0) is 87.6 Å². The number of nitro groups is 1. The van der Waals surface area contributed by atoms with Crippen LogP contribution < -0.4 is 10.6 Å². The van der Waals surface area contributed by atoms with E-state index < -0.39 is 10.5 Å². The Kier molecular flexibility index (Phi) is 5.28. The molecule has 2 N–H and O–H groups in total. The van der Waals surface area contributed by atoms with Crippen LogP contribution in [0.15, 0.2) is 6.20 Å². The molecule has 0 spiro atoms. The zero-order valence-corrected chi connectivity index (χ0v) is 18.2. The lowest BCUT2D eigenvalue weighted by atomic mass is 9.48. The summed E-state index contributed by atoms with van der Waals surface area (Å²) in [6, 6.07) is 0.132. The maximum Gasteiger partial charge on any atom is 0.407 e. The van der Waals surface area contributed by atoms with Crippen LogP contribution in [0.25, 0.3) is 0 Å². The van der Waals surface area contributed by atoms with Gasteiger partial charge >= 0.3 is 11.8 Å². The molecular weight excluding hydrogens is 410 g/mol. The van der Waals surface area contributed by atoms with Gasteiger partial charge in [-0.25, -0.2) is 9.78 Å². The zero-order valence-electron chi connectivity index (χ0n) is 17.5. The summed E-state index contributed by atoms with van der Waals surface area (Å²) in [5.74, 6) is 1.59. The third-order valence-corrected chi connectivity index (χ3v) is 6.83. The Labute approximate surface area is 180 Å². The van der Waals surface area contributed by atoms with E-state index in [-0.39, 0.29) is 34.3 Å². The molecule has 9 nitrogen and oxygen atoms in total. The van der Waals surface area contributed by atoms with Crippen molar-refractivity contribution in [3.05, 3.63) is 21.6 Å². The lowest BCUT2D eigenvalue weighted by molar-refractivity contribution is -0.384. The molecule has 4 aliphatic carbocycles. The highest BCUT2D eigenvalue weighted by molar-refractivity contribution is 6.28. The molecule has 1 heterocycles. The Morgan fingerprint density at radius 2 is 2.00 bits per heavy atom. The van der Waals surface area contributed by atoms with Crippen molar-refractivity contribution in [2.75, 3.05) is 11.9 Å². The van der Waals surface area contributed by atoms with Gasteiger partial charge in [-0.2, -0.15) is 4.98 Å². The number of carbonyl (C=O) groups excluding carboxylic acids is 1. The van der Waals surface area contributed by atoms with Gasteiger partial charge in [-0.15, -0.1) is 0 Å². The van der Waals surface area contributed by atoms with Gasteiger partial charge in [0, 0.05) is 12.6 Å². The summed E-state index contributed by atoms with van der Waals surface area (Å²) in [5, 5.41) is 17.6. The molecule has 0 aliphatic heterocycles. The zero-order chi connectivity index (χ0) is 21.7. The summed E-state index contributed by atoms with van der Waals surface area (Å²) < 4.78 is 5.47. The fourth-order valence-corrected chi connectivity index (χ4v) is 6.11. The molecule has 4 saturated carbocycles. The van der Waals surface area contributed by atoms with Crippen molar-refractivity contribution in [1.29, 1.82) is 0 Å². The molecule has 1 aromatic rings. The van der Waals surface area contributed by atoms with E-state index in [1.54, 1.807) is 0 Å². The van der Waals surface area contributed by atoms with E-state index in [0.29, 0.717) is 24.3 Å². The van der Waals surface area contributed by atoms with E-state index in [1.165, 1.54) is 0 Å². The third-order valence-electron chi connectivity index (χ3n) is 6.65. The highest BCUT2D eigenvalue weighted by atomic mass is 35.5. The monoisotopic (exact) mass is 437 g/mol. The predicted octanol–water partition coefficient (Wildman–Crippen LogP) is 4.17. The largest absolute Gasteiger partial charge is 0.444 e. The molecule has 4 bridgehead atoms. The van der Waals surface area contributed by atoms with Crippen LogP contribution in [0.5, 0.6) is 0 Å². The molecule has 0 radical (unpaired) electrons. The number of nitrogens with one attached hydrogen (secondary N) is 2. The second-order valence-corrected chi connectivity index (χ2v) is 10.5. The van der Waals surface area contributed by atoms with Crippen molar-refractivity contribution in [2.24, 2.45) is 23.2 Å². The van der Waals surface area contributed by atoms with Crippen molar-refractivity contribution in [3.8, 4) is 0 Å². The van der Waals surface area contributed by atoms with Crippen molar-refractivity contribution < 1.29 is 14.5 Å². The van der Waals surface area contributed by atoms with Gasteiger partial charge in [0.2, 0.25) is 11.1 Å². The molecular formula is C20H28ClN5O4. The van der Waals surface area contributed by atoms with Crippen LogP contribution in [-0.4, -0.2) is 39.2 Å². The van der Waals surface area contributed by atoms with Crippen LogP contribution in [0.3, 0.4) is 0 Å². The standard InChI is InChI=1S/C20H28ClN5O4/c1-19(2,3)30-18(27)24-15-12-4-11-5-13(15)8-20(6-11,7-12)10-23-16-14(26(28)29)9-22-17(21)25-16/h9,11-13,15H,4-8,10H2,1-3H3,(H,24,27)(H,22,23,25)/t11?,12-,13+,15?,20?. The molecule has 1 aromatic heterocycles. The number of alkyl carbamates (subject to hydrolysis) is 1. The summed E-state index contributed by atoms with van der Waals surface area (Å²) >= 11 is 5.85. The van der Waals surface area contributed by atoms with Gasteiger partial charge in [0.15, 0.2) is 0 Å². The molecule has 10 heteroatoms. The maximum atomic E-state index is 12.3. The lowest BCUT2D eigenvalue weighted by Crippen LogP contribution is -2.60. The minimum Gasteiger partial charge on any atom is -0.444 e. The van der Waals surface area contributed by atoms with Crippen LogP contribution >= 0.6 is 11.6 Å². The number of hydrogen-bond acceptors (Lipinski definition) is 7. The SMILES string of the molecule is CC(C)(C)OC(=O)NC1[C@@H]2CC3C[C@H]1CC(CNc1nc(Cl)ncc1[N+](=O)[O-])(C3)C2. The Morgan fingerprint density at radius 1 is 1.33 bits per heavy atom. The summed E-state index contributed by atoms with van der Waals surface area (Å²) in [5.41, 5.74) is -0.642. The van der Waals surface area contributed by atoms with Crippen LogP contribution in [0.2, 0.25) is 5.28 Å². The molecule has 4 aliphatic rings. The van der Waals surface area contributed by atoms with Crippen LogP contribution in [-0.2, 0) is 4.74 Å². The molecule has 0 saturated heterocycles. The third kappa shape index (κ3) is 4.31. The first-order valence-corrected chi connectivity index (χ1v) is 10.8. The molecule has 1 amide bonds. The second kappa shape index (κ2) is 7.51. The Morgan fingerprint density at radius 3 is 2.60 bits per heavy atom. The molecule has 4 fully saturated rings. The number of nitrogens with zero attached hydrogens (tertiary/aromatic N) is 3. The van der Waals surface area contributed by atoms with Crippen molar-refractivity contribution in [2.45, 2.75) is 64.5 Å². The van der Waals surface area contributed by atoms with E-state index in [0.717, 1.165) is 38.3 Å². The fourth-order valence-electron chi connectivity index (χ4n) is 5.98. The summed E-state index contributed by atoms with van der Waals surface area (Å²) in [7, 11) is 0. The van der Waals surface area contributed by atoms with Crippen molar-refractivity contribution in [1.82, 2.24) is 15.3 Å². The average Bonchev–Trinajstić information content (AvgIpc) is 2.61. The van der Waals surface area contributed by atoms with Gasteiger partial charge in [0.1, 0.15) is 11.8 Å². The average molecular weight is 438 g/mol. The summed E-state index contributed by atoms with van der Waals surface area (Å²) in [6.45, 7) is 6.19. The molecule has 30 heavy (non-hydrogen) atoms. The van der Waals surface area contributed by atoms with E-state index in [9.17, 15) is 14.9 Å². The fraction of sp³-hybridized carbons (Fsp3) is 0.750. The quantitative estimate of drug-likeness (QED) is 0.403. The van der Waals surface area contributed by atoms with Crippen molar-refractivity contribution in [3.63, 3.8) is 0 Å². The first-order chi connectivity index (χ1) is 14.0. The summed E-state index contributed by atoms with van der Waals surface area (Å²) in [4.78, 5) is 30.9. The maximum absolute atomic E-state index is 12.3. The number of aromatic nitrogens is 2. The smallest absolute Gasteiger partial charge is 0.407 e. The van der Waals surface area contributed by atoms with Crippen LogP contribution in [0.1, 0.15) is 52.9 Å². The normalized spacial score (nSPS) is 32.0. The Bertz CT molecular complexity index is 842. The van der Waals surface area contributed by atoms with Crippen molar-refractivity contribution >= 4 is 29.2 Å². The minimum atomic E-state index is -0.519. The number of halogens is 1. The number of ether oxygens (including phenoxy) is 1. The lowest BCUT2D eigenvalue weighted by Gasteiger charge is -2.60. The molecule has 0 aromatic carbocycles. The topological polar surface area (TPSA) is 119 Å². The number of amides is 1.